The summed E-state index contributed by atoms with van der Waals surface area (Å²) < 4.78 is 0. The van der Waals surface area contributed by atoms with Crippen molar-refractivity contribution in [2.75, 3.05) is 11.9 Å². The summed E-state index contributed by atoms with van der Waals surface area (Å²) in [5.74, 6) is -1.04. The maximum Gasteiger partial charge on any atom is 0.335 e. The second-order valence-corrected chi connectivity index (χ2v) is 5.07. The summed E-state index contributed by atoms with van der Waals surface area (Å²) in [7, 11) is 1.85. The van der Waals surface area contributed by atoms with E-state index < -0.39 is 5.97 Å². The van der Waals surface area contributed by atoms with Gasteiger partial charge in [-0.1, -0.05) is 23.7 Å². The first-order chi connectivity index (χ1) is 10.0. The molecule has 0 spiro atoms. The van der Waals surface area contributed by atoms with Gasteiger partial charge in [0.2, 0.25) is 0 Å². The van der Waals surface area contributed by atoms with Crippen LogP contribution in [-0.4, -0.2) is 18.1 Å². The lowest BCUT2D eigenvalue weighted by Gasteiger charge is -2.21. The molecule has 0 aliphatic heterocycles. The third-order valence-corrected chi connectivity index (χ3v) is 3.36. The lowest BCUT2D eigenvalue weighted by atomic mass is 10.1. The van der Waals surface area contributed by atoms with Crippen molar-refractivity contribution < 1.29 is 9.90 Å². The number of rotatable bonds is 4. The van der Waals surface area contributed by atoms with Crippen LogP contribution in [0.25, 0.3) is 0 Å². The number of anilines is 1. The molecule has 2 aromatic rings. The van der Waals surface area contributed by atoms with Crippen LogP contribution in [0.5, 0.6) is 0 Å². The molecule has 0 saturated carbocycles. The highest BCUT2D eigenvalue weighted by Crippen LogP contribution is 2.22. The predicted octanol–water partition coefficient (Wildman–Crippen LogP) is 3.55. The fourth-order valence-electron chi connectivity index (χ4n) is 2.04. The van der Waals surface area contributed by atoms with Crippen molar-refractivity contribution in [3.05, 3.63) is 64.2 Å². The molecule has 5 heteroatoms. The van der Waals surface area contributed by atoms with E-state index >= 15 is 0 Å². The Morgan fingerprint density at radius 2 is 1.95 bits per heavy atom. The lowest BCUT2D eigenvalue weighted by Crippen LogP contribution is -2.17. The van der Waals surface area contributed by atoms with E-state index in [1.54, 1.807) is 6.07 Å². The average Bonchev–Trinajstić information content (AvgIpc) is 2.48. The number of aromatic carboxylic acids is 1. The molecule has 4 nitrogen and oxygen atoms in total. The van der Waals surface area contributed by atoms with Gasteiger partial charge in [-0.25, -0.2) is 4.79 Å². The Kier molecular flexibility index (Phi) is 4.46. The van der Waals surface area contributed by atoms with E-state index in [-0.39, 0.29) is 5.56 Å². The van der Waals surface area contributed by atoms with Crippen molar-refractivity contribution in [2.45, 2.75) is 6.54 Å². The molecule has 0 unspecified atom stereocenters. The minimum absolute atomic E-state index is 0.107. The third-order valence-electron chi connectivity index (χ3n) is 3.11. The topological polar surface area (TPSA) is 64.3 Å². The first kappa shape index (κ1) is 14.9. The molecule has 2 rings (SSSR count). The van der Waals surface area contributed by atoms with E-state index in [4.69, 9.17) is 16.7 Å². The van der Waals surface area contributed by atoms with Gasteiger partial charge in [0.15, 0.2) is 0 Å². The highest BCUT2D eigenvalue weighted by molar-refractivity contribution is 6.30. The highest BCUT2D eigenvalue weighted by Gasteiger charge is 2.11. The standard InChI is InChI=1S/C16H13ClN2O2/c1-19(10-11-2-5-14(17)6-3-11)15-7-4-12(16(20)21)8-13(15)9-18/h2-8H,10H2,1H3,(H,20,21). The van der Waals surface area contributed by atoms with Crippen LogP contribution in [0.4, 0.5) is 5.69 Å². The van der Waals surface area contributed by atoms with E-state index in [2.05, 4.69) is 0 Å². The molecule has 0 amide bonds. The van der Waals surface area contributed by atoms with Gasteiger partial charge in [-0.15, -0.1) is 0 Å². The molecule has 0 saturated heterocycles. The van der Waals surface area contributed by atoms with Crippen LogP contribution < -0.4 is 4.90 Å². The van der Waals surface area contributed by atoms with Gasteiger partial charge in [0, 0.05) is 18.6 Å². The first-order valence-electron chi connectivity index (χ1n) is 6.24. The van der Waals surface area contributed by atoms with Crippen LogP contribution >= 0.6 is 11.6 Å². The summed E-state index contributed by atoms with van der Waals surface area (Å²) in [6.45, 7) is 0.596. The van der Waals surface area contributed by atoms with Crippen LogP contribution in [0.3, 0.4) is 0 Å². The molecule has 0 aromatic heterocycles. The zero-order valence-corrected chi connectivity index (χ0v) is 12.1. The normalized spacial score (nSPS) is 9.95. The zero-order valence-electron chi connectivity index (χ0n) is 11.4. The number of halogens is 1. The van der Waals surface area contributed by atoms with Crippen molar-refractivity contribution in [1.82, 2.24) is 0 Å². The van der Waals surface area contributed by atoms with E-state index in [0.29, 0.717) is 22.8 Å². The minimum Gasteiger partial charge on any atom is -0.478 e. The largest absolute Gasteiger partial charge is 0.478 e. The molecule has 106 valence electrons. The predicted molar refractivity (Wildman–Crippen MR) is 81.7 cm³/mol. The number of benzene rings is 2. The molecule has 0 atom stereocenters. The first-order valence-corrected chi connectivity index (χ1v) is 6.62. The lowest BCUT2D eigenvalue weighted by molar-refractivity contribution is 0.0697. The van der Waals surface area contributed by atoms with Gasteiger partial charge in [0.25, 0.3) is 0 Å². The van der Waals surface area contributed by atoms with Crippen LogP contribution in [0.2, 0.25) is 5.02 Å². The number of carbonyl (C=O) groups is 1. The van der Waals surface area contributed by atoms with Crippen LogP contribution in [-0.2, 0) is 6.54 Å². The molecule has 0 fully saturated rings. The average molecular weight is 301 g/mol. The van der Waals surface area contributed by atoms with Gasteiger partial charge >= 0.3 is 5.97 Å². The molecular formula is C16H13ClN2O2. The van der Waals surface area contributed by atoms with Crippen LogP contribution in [0.15, 0.2) is 42.5 Å². The third kappa shape index (κ3) is 3.53. The Balaban J connectivity index is 2.26. The van der Waals surface area contributed by atoms with Crippen LogP contribution in [0.1, 0.15) is 21.5 Å². The monoisotopic (exact) mass is 300 g/mol. The van der Waals surface area contributed by atoms with Crippen molar-refractivity contribution in [3.8, 4) is 6.07 Å². The van der Waals surface area contributed by atoms with Gasteiger partial charge < -0.3 is 10.0 Å². The fraction of sp³-hybridized carbons (Fsp3) is 0.125. The summed E-state index contributed by atoms with van der Waals surface area (Å²) in [4.78, 5) is 12.8. The maximum atomic E-state index is 10.9. The number of nitrogens with zero attached hydrogens (tertiary/aromatic N) is 2. The van der Waals surface area contributed by atoms with E-state index in [9.17, 15) is 10.1 Å². The maximum absolute atomic E-state index is 10.9. The number of nitriles is 1. The minimum atomic E-state index is -1.04. The quantitative estimate of drug-likeness (QED) is 0.938. The second kappa shape index (κ2) is 6.29. The van der Waals surface area contributed by atoms with Crippen molar-refractivity contribution in [2.24, 2.45) is 0 Å². The number of hydrogen-bond acceptors (Lipinski definition) is 3. The zero-order chi connectivity index (χ0) is 15.4. The number of carboxylic acid groups (broad SMARTS) is 1. The van der Waals surface area contributed by atoms with Gasteiger partial charge in [0.1, 0.15) is 6.07 Å². The van der Waals surface area contributed by atoms with Crippen molar-refractivity contribution in [1.29, 1.82) is 5.26 Å². The molecule has 0 radical (unpaired) electrons. The van der Waals surface area contributed by atoms with E-state index in [0.717, 1.165) is 5.56 Å². The molecule has 21 heavy (non-hydrogen) atoms. The summed E-state index contributed by atoms with van der Waals surface area (Å²) >= 11 is 5.85. The molecule has 2 aromatic carbocycles. The summed E-state index contributed by atoms with van der Waals surface area (Å²) in [6, 6.07) is 14.0. The van der Waals surface area contributed by atoms with Crippen molar-refractivity contribution >= 4 is 23.3 Å². The van der Waals surface area contributed by atoms with Gasteiger partial charge in [-0.05, 0) is 35.9 Å². The molecule has 0 bridgehead atoms. The Morgan fingerprint density at radius 1 is 1.29 bits per heavy atom. The van der Waals surface area contributed by atoms with Crippen molar-refractivity contribution in [3.63, 3.8) is 0 Å². The van der Waals surface area contributed by atoms with E-state index in [1.165, 1.54) is 12.1 Å². The van der Waals surface area contributed by atoms with Gasteiger partial charge in [-0.3, -0.25) is 0 Å². The summed E-state index contributed by atoms with van der Waals surface area (Å²) in [6.07, 6.45) is 0. The second-order valence-electron chi connectivity index (χ2n) is 4.63. The highest BCUT2D eigenvalue weighted by atomic mass is 35.5. The van der Waals surface area contributed by atoms with Gasteiger partial charge in [0.05, 0.1) is 16.8 Å². The molecular weight excluding hydrogens is 288 g/mol. The Labute approximate surface area is 127 Å². The Bertz CT molecular complexity index is 705. The molecule has 0 aliphatic rings. The summed E-state index contributed by atoms with van der Waals surface area (Å²) in [5.41, 5.74) is 2.19. The smallest absolute Gasteiger partial charge is 0.335 e. The molecule has 0 heterocycles. The Morgan fingerprint density at radius 3 is 2.52 bits per heavy atom. The molecule has 0 aliphatic carbocycles. The van der Waals surface area contributed by atoms with E-state index in [1.807, 2.05) is 42.3 Å². The fourth-order valence-corrected chi connectivity index (χ4v) is 2.17. The van der Waals surface area contributed by atoms with Gasteiger partial charge in [-0.2, -0.15) is 5.26 Å². The molecule has 1 N–H and O–H groups in total. The number of hydrogen-bond donors (Lipinski definition) is 1. The Hall–Kier alpha value is -2.51. The number of carboxylic acids is 1. The summed E-state index contributed by atoms with van der Waals surface area (Å²) in [5, 5.41) is 18.8. The SMILES string of the molecule is CN(Cc1ccc(Cl)cc1)c1ccc(C(=O)O)cc1C#N. The van der Waals surface area contributed by atoms with Crippen LogP contribution in [0, 0.1) is 11.3 Å².